The Morgan fingerprint density at radius 2 is 2.56 bits per heavy atom. The van der Waals surface area contributed by atoms with Gasteiger partial charge in [-0.05, 0) is 38.6 Å². The predicted molar refractivity (Wildman–Crippen MR) is 63.6 cm³/mol. The minimum absolute atomic E-state index is 0.182. The lowest BCUT2D eigenvalue weighted by atomic mass is 10.1. The molecule has 2 heterocycles. The number of ketones is 1. The van der Waals surface area contributed by atoms with Crippen molar-refractivity contribution in [1.29, 1.82) is 0 Å². The van der Waals surface area contributed by atoms with E-state index in [1.165, 1.54) is 12.8 Å². The average molecular weight is 221 g/mol. The van der Waals surface area contributed by atoms with Gasteiger partial charge in [0, 0.05) is 18.8 Å². The molecule has 1 atom stereocenters. The van der Waals surface area contributed by atoms with Crippen LogP contribution < -0.4 is 5.32 Å². The molecule has 0 radical (unpaired) electrons. The molecule has 0 bridgehead atoms. The van der Waals surface area contributed by atoms with Crippen LogP contribution in [0, 0.1) is 0 Å². The smallest absolute Gasteiger partial charge is 0.192 e. The summed E-state index contributed by atoms with van der Waals surface area (Å²) in [5.41, 5.74) is 0.714. The van der Waals surface area contributed by atoms with E-state index < -0.39 is 0 Å². The highest BCUT2D eigenvalue weighted by Crippen LogP contribution is 2.10. The maximum atomic E-state index is 11.9. The van der Waals surface area contributed by atoms with Gasteiger partial charge >= 0.3 is 0 Å². The van der Waals surface area contributed by atoms with Crippen molar-refractivity contribution in [3.8, 4) is 0 Å². The number of aromatic nitrogens is 1. The van der Waals surface area contributed by atoms with E-state index in [1.807, 2.05) is 19.2 Å². The standard InChI is InChI=1S/C12H19N3O/c1-13-10-4-3-7-15(8-10)9-12(16)11-5-2-6-14-11/h2,5-6,10,13-14H,3-4,7-9H2,1H3/t10-/m0/s1. The maximum Gasteiger partial charge on any atom is 0.192 e. The van der Waals surface area contributed by atoms with Gasteiger partial charge in [0.15, 0.2) is 5.78 Å². The van der Waals surface area contributed by atoms with Crippen LogP contribution in [0.25, 0.3) is 0 Å². The molecule has 4 heteroatoms. The van der Waals surface area contributed by atoms with Crippen molar-refractivity contribution < 1.29 is 4.79 Å². The number of carbonyl (C=O) groups excluding carboxylic acids is 1. The zero-order chi connectivity index (χ0) is 11.4. The van der Waals surface area contributed by atoms with E-state index in [1.54, 1.807) is 6.20 Å². The lowest BCUT2D eigenvalue weighted by molar-refractivity contribution is 0.0897. The molecule has 1 aliphatic rings. The third-order valence-corrected chi connectivity index (χ3v) is 3.18. The Kier molecular flexibility index (Phi) is 3.74. The molecule has 0 spiro atoms. The van der Waals surface area contributed by atoms with Crippen LogP contribution in [-0.4, -0.2) is 48.4 Å². The van der Waals surface area contributed by atoms with E-state index in [4.69, 9.17) is 0 Å². The molecule has 1 fully saturated rings. The van der Waals surface area contributed by atoms with Gasteiger partial charge in [-0.25, -0.2) is 0 Å². The molecular weight excluding hydrogens is 202 g/mol. The molecule has 4 nitrogen and oxygen atoms in total. The third kappa shape index (κ3) is 2.71. The summed E-state index contributed by atoms with van der Waals surface area (Å²) in [5, 5.41) is 3.28. The molecule has 0 amide bonds. The lowest BCUT2D eigenvalue weighted by Crippen LogP contribution is -2.46. The maximum absolute atomic E-state index is 11.9. The number of carbonyl (C=O) groups is 1. The molecule has 16 heavy (non-hydrogen) atoms. The highest BCUT2D eigenvalue weighted by Gasteiger charge is 2.20. The topological polar surface area (TPSA) is 48.1 Å². The van der Waals surface area contributed by atoms with Gasteiger partial charge in [0.2, 0.25) is 0 Å². The van der Waals surface area contributed by atoms with Crippen LogP contribution in [0.2, 0.25) is 0 Å². The van der Waals surface area contributed by atoms with Crippen LogP contribution >= 0.6 is 0 Å². The van der Waals surface area contributed by atoms with E-state index in [9.17, 15) is 4.79 Å². The van der Waals surface area contributed by atoms with Crippen LogP contribution in [0.5, 0.6) is 0 Å². The zero-order valence-electron chi connectivity index (χ0n) is 9.70. The second kappa shape index (κ2) is 5.27. The number of nitrogens with zero attached hydrogens (tertiary/aromatic N) is 1. The Labute approximate surface area is 96.0 Å². The van der Waals surface area contributed by atoms with Gasteiger partial charge in [-0.3, -0.25) is 9.69 Å². The number of Topliss-reactive ketones (excluding diaryl/α,β-unsaturated/α-hetero) is 1. The Morgan fingerprint density at radius 1 is 1.69 bits per heavy atom. The third-order valence-electron chi connectivity index (χ3n) is 3.18. The highest BCUT2D eigenvalue weighted by molar-refractivity contribution is 5.95. The largest absolute Gasteiger partial charge is 0.359 e. The molecular formula is C12H19N3O. The monoisotopic (exact) mass is 221 g/mol. The van der Waals surface area contributed by atoms with Crippen molar-refractivity contribution in [2.24, 2.45) is 0 Å². The molecule has 0 aromatic carbocycles. The molecule has 0 aliphatic carbocycles. The summed E-state index contributed by atoms with van der Waals surface area (Å²) in [7, 11) is 1.99. The SMILES string of the molecule is CN[C@H]1CCCN(CC(=O)c2ccc[nH]2)C1. The van der Waals surface area contributed by atoms with Crippen LogP contribution in [-0.2, 0) is 0 Å². The number of nitrogens with one attached hydrogen (secondary N) is 2. The van der Waals surface area contributed by atoms with Crippen molar-refractivity contribution >= 4 is 5.78 Å². The fourth-order valence-electron chi connectivity index (χ4n) is 2.23. The molecule has 2 rings (SSSR count). The highest BCUT2D eigenvalue weighted by atomic mass is 16.1. The second-order valence-corrected chi connectivity index (χ2v) is 4.37. The number of likely N-dealkylation sites (tertiary alicyclic amines) is 1. The van der Waals surface area contributed by atoms with E-state index in [2.05, 4.69) is 15.2 Å². The molecule has 1 aromatic rings. The first-order chi connectivity index (χ1) is 7.79. The van der Waals surface area contributed by atoms with Gasteiger partial charge in [-0.15, -0.1) is 0 Å². The lowest BCUT2D eigenvalue weighted by Gasteiger charge is -2.31. The van der Waals surface area contributed by atoms with Gasteiger partial charge < -0.3 is 10.3 Å². The van der Waals surface area contributed by atoms with Gasteiger partial charge in [-0.2, -0.15) is 0 Å². The summed E-state index contributed by atoms with van der Waals surface area (Å²) in [6.07, 6.45) is 4.17. The summed E-state index contributed by atoms with van der Waals surface area (Å²) in [6, 6.07) is 4.23. The van der Waals surface area contributed by atoms with Gasteiger partial charge in [-0.1, -0.05) is 0 Å². The minimum Gasteiger partial charge on any atom is -0.359 e. The van der Waals surface area contributed by atoms with Gasteiger partial charge in [0.25, 0.3) is 0 Å². The van der Waals surface area contributed by atoms with Crippen LogP contribution in [0.1, 0.15) is 23.3 Å². The fraction of sp³-hybridized carbons (Fsp3) is 0.583. The van der Waals surface area contributed by atoms with Crippen LogP contribution in [0.3, 0.4) is 0 Å². The fourth-order valence-corrected chi connectivity index (χ4v) is 2.23. The number of hydrogen-bond donors (Lipinski definition) is 2. The summed E-state index contributed by atoms with van der Waals surface area (Å²) in [4.78, 5) is 17.1. The number of rotatable bonds is 4. The van der Waals surface area contributed by atoms with E-state index in [0.29, 0.717) is 18.3 Å². The number of hydrogen-bond acceptors (Lipinski definition) is 3. The first kappa shape index (κ1) is 11.4. The van der Waals surface area contributed by atoms with Crippen molar-refractivity contribution in [1.82, 2.24) is 15.2 Å². The molecule has 1 aromatic heterocycles. The summed E-state index contributed by atoms with van der Waals surface area (Å²) in [6.45, 7) is 2.53. The Morgan fingerprint density at radius 3 is 3.25 bits per heavy atom. The molecule has 0 saturated carbocycles. The second-order valence-electron chi connectivity index (χ2n) is 4.37. The molecule has 0 unspecified atom stereocenters. The van der Waals surface area contributed by atoms with E-state index in [0.717, 1.165) is 13.1 Å². The van der Waals surface area contributed by atoms with Gasteiger partial charge in [0.05, 0.1) is 12.2 Å². The Bertz CT molecular complexity index is 334. The molecule has 88 valence electrons. The Hall–Kier alpha value is -1.13. The predicted octanol–water partition coefficient (Wildman–Crippen LogP) is 0.881. The van der Waals surface area contributed by atoms with Crippen molar-refractivity contribution in [2.45, 2.75) is 18.9 Å². The quantitative estimate of drug-likeness (QED) is 0.742. The Balaban J connectivity index is 1.87. The summed E-state index contributed by atoms with van der Waals surface area (Å²) in [5.74, 6) is 0.182. The zero-order valence-corrected chi connectivity index (χ0v) is 9.70. The van der Waals surface area contributed by atoms with Crippen molar-refractivity contribution in [2.75, 3.05) is 26.7 Å². The summed E-state index contributed by atoms with van der Waals surface area (Å²) < 4.78 is 0. The van der Waals surface area contributed by atoms with Gasteiger partial charge in [0.1, 0.15) is 0 Å². The molecule has 1 saturated heterocycles. The van der Waals surface area contributed by atoms with Crippen LogP contribution in [0.4, 0.5) is 0 Å². The number of piperidine rings is 1. The first-order valence-electron chi connectivity index (χ1n) is 5.86. The minimum atomic E-state index is 0.182. The van der Waals surface area contributed by atoms with E-state index in [-0.39, 0.29) is 5.78 Å². The number of aromatic amines is 1. The average Bonchev–Trinajstić information content (AvgIpc) is 2.83. The summed E-state index contributed by atoms with van der Waals surface area (Å²) >= 11 is 0. The molecule has 2 N–H and O–H groups in total. The van der Waals surface area contributed by atoms with Crippen LogP contribution in [0.15, 0.2) is 18.3 Å². The normalized spacial score (nSPS) is 22.2. The first-order valence-corrected chi connectivity index (χ1v) is 5.86. The molecule has 1 aliphatic heterocycles. The number of likely N-dealkylation sites (N-methyl/N-ethyl adjacent to an activating group) is 1. The van der Waals surface area contributed by atoms with Crippen molar-refractivity contribution in [3.05, 3.63) is 24.0 Å². The van der Waals surface area contributed by atoms with Crippen molar-refractivity contribution in [3.63, 3.8) is 0 Å². The van der Waals surface area contributed by atoms with E-state index >= 15 is 0 Å². The number of H-pyrrole nitrogens is 1.